The van der Waals surface area contributed by atoms with Gasteiger partial charge in [-0.2, -0.15) is 0 Å². The number of amides is 1. The van der Waals surface area contributed by atoms with Crippen LogP contribution in [0.5, 0.6) is 0 Å². The molecule has 0 saturated carbocycles. The van der Waals surface area contributed by atoms with Gasteiger partial charge in [0, 0.05) is 40.4 Å². The highest BCUT2D eigenvalue weighted by molar-refractivity contribution is 7.13. The summed E-state index contributed by atoms with van der Waals surface area (Å²) >= 11 is 1.57. The number of H-pyrrole nitrogens is 1. The van der Waals surface area contributed by atoms with E-state index in [4.69, 9.17) is 4.74 Å². The highest BCUT2D eigenvalue weighted by Crippen LogP contribution is 2.27. The van der Waals surface area contributed by atoms with Crippen molar-refractivity contribution in [2.75, 3.05) is 25.0 Å². The maximum atomic E-state index is 13.1. The van der Waals surface area contributed by atoms with E-state index in [0.717, 1.165) is 44.4 Å². The molecule has 2 N–H and O–H groups in total. The second-order valence-electron chi connectivity index (χ2n) is 8.08. The van der Waals surface area contributed by atoms with E-state index in [1.165, 1.54) is 0 Å². The number of aromatic nitrogens is 3. The number of hydrogen-bond acceptors (Lipinski definition) is 6. The summed E-state index contributed by atoms with van der Waals surface area (Å²) in [6.07, 6.45) is 2.05. The van der Waals surface area contributed by atoms with Gasteiger partial charge < -0.3 is 19.9 Å². The highest BCUT2D eigenvalue weighted by atomic mass is 32.1. The molecule has 1 amide bonds. The van der Waals surface area contributed by atoms with Crippen LogP contribution in [0.15, 0.2) is 48.0 Å². The van der Waals surface area contributed by atoms with Gasteiger partial charge in [0.05, 0.1) is 31.0 Å². The van der Waals surface area contributed by atoms with E-state index in [9.17, 15) is 4.79 Å². The van der Waals surface area contributed by atoms with Crippen molar-refractivity contribution in [3.05, 3.63) is 70.6 Å². The van der Waals surface area contributed by atoms with Crippen molar-refractivity contribution >= 4 is 39.0 Å². The number of carbonyl (C=O) groups excluding carboxylic acids is 1. The molecule has 4 aromatic rings. The Bertz CT molecular complexity index is 1260. The van der Waals surface area contributed by atoms with Gasteiger partial charge in [0.25, 0.3) is 0 Å². The van der Waals surface area contributed by atoms with Crippen LogP contribution < -0.4 is 5.32 Å². The number of aromatic amines is 1. The molecule has 4 heterocycles. The molecule has 1 atom stereocenters. The predicted molar refractivity (Wildman–Crippen MR) is 126 cm³/mol. The van der Waals surface area contributed by atoms with Crippen LogP contribution in [0.4, 0.5) is 10.8 Å². The molecule has 1 fully saturated rings. The van der Waals surface area contributed by atoms with Gasteiger partial charge >= 0.3 is 0 Å². The summed E-state index contributed by atoms with van der Waals surface area (Å²) < 4.78 is 6.01. The van der Waals surface area contributed by atoms with Gasteiger partial charge in [-0.05, 0) is 37.6 Å². The number of fused-ring (bicyclic) bond motifs is 1. The summed E-state index contributed by atoms with van der Waals surface area (Å²) in [6.45, 7) is 5.52. The maximum Gasteiger partial charge on any atom is 0.227 e. The SMILES string of the molecule is Cc1cc(Nc2nc(C)cs2)cc([C@@H]2CN(C(=O)Cc3c[nH]c4ccccc34)CCO2)n1. The quantitative estimate of drug-likeness (QED) is 0.470. The predicted octanol–water partition coefficient (Wildman–Crippen LogP) is 4.52. The number of anilines is 2. The fraction of sp³-hybridized carbons (Fsp3) is 0.292. The van der Waals surface area contributed by atoms with Gasteiger partial charge in [0.15, 0.2) is 5.13 Å². The molecule has 3 aromatic heterocycles. The van der Waals surface area contributed by atoms with Crippen LogP contribution in [-0.4, -0.2) is 45.5 Å². The molecule has 1 saturated heterocycles. The molecule has 7 nitrogen and oxygen atoms in total. The first kappa shape index (κ1) is 20.7. The molecule has 8 heteroatoms. The van der Waals surface area contributed by atoms with Crippen LogP contribution in [0.2, 0.25) is 0 Å². The number of nitrogens with one attached hydrogen (secondary N) is 2. The number of thiazole rings is 1. The summed E-state index contributed by atoms with van der Waals surface area (Å²) in [7, 11) is 0. The third kappa shape index (κ3) is 4.37. The summed E-state index contributed by atoms with van der Waals surface area (Å²) in [5.74, 6) is 0.104. The lowest BCUT2D eigenvalue weighted by molar-refractivity contribution is -0.138. The molecule has 0 unspecified atom stereocenters. The third-order valence-electron chi connectivity index (χ3n) is 5.61. The van der Waals surface area contributed by atoms with Crippen molar-refractivity contribution in [3.63, 3.8) is 0 Å². The van der Waals surface area contributed by atoms with Crippen LogP contribution in [0.3, 0.4) is 0 Å². The van der Waals surface area contributed by atoms with Crippen molar-refractivity contribution in [2.45, 2.75) is 26.4 Å². The molecule has 32 heavy (non-hydrogen) atoms. The Balaban J connectivity index is 1.30. The second kappa shape index (κ2) is 8.72. The molecule has 0 bridgehead atoms. The molecule has 0 spiro atoms. The fourth-order valence-corrected chi connectivity index (χ4v) is 4.78. The topological polar surface area (TPSA) is 83.1 Å². The number of nitrogens with zero attached hydrogens (tertiary/aromatic N) is 3. The number of hydrogen-bond donors (Lipinski definition) is 2. The number of ether oxygens (including phenoxy) is 1. The highest BCUT2D eigenvalue weighted by Gasteiger charge is 2.27. The van der Waals surface area contributed by atoms with Crippen molar-refractivity contribution < 1.29 is 9.53 Å². The molecule has 0 aliphatic carbocycles. The summed E-state index contributed by atoms with van der Waals surface area (Å²) in [5.41, 5.74) is 5.70. The molecular formula is C24H25N5O2S. The van der Waals surface area contributed by atoms with Crippen LogP contribution in [0, 0.1) is 13.8 Å². The largest absolute Gasteiger partial charge is 0.368 e. The van der Waals surface area contributed by atoms with Gasteiger partial charge in [0.1, 0.15) is 6.10 Å². The van der Waals surface area contributed by atoms with E-state index in [-0.39, 0.29) is 12.0 Å². The summed E-state index contributed by atoms with van der Waals surface area (Å²) in [6, 6.07) is 12.0. The molecular weight excluding hydrogens is 422 g/mol. The monoisotopic (exact) mass is 447 g/mol. The Labute approximate surface area is 190 Å². The van der Waals surface area contributed by atoms with Crippen LogP contribution in [0.25, 0.3) is 10.9 Å². The molecule has 0 radical (unpaired) electrons. The fourth-order valence-electron chi connectivity index (χ4n) is 4.07. The van der Waals surface area contributed by atoms with E-state index >= 15 is 0 Å². The molecule has 1 aliphatic rings. The molecule has 1 aromatic carbocycles. The van der Waals surface area contributed by atoms with Crippen LogP contribution >= 0.6 is 11.3 Å². The average Bonchev–Trinajstić information content (AvgIpc) is 3.39. The van der Waals surface area contributed by atoms with Crippen molar-refractivity contribution in [2.24, 2.45) is 0 Å². The van der Waals surface area contributed by atoms with Gasteiger partial charge in [-0.15, -0.1) is 11.3 Å². The minimum Gasteiger partial charge on any atom is -0.368 e. The number of carbonyl (C=O) groups is 1. The molecule has 164 valence electrons. The Kier molecular flexibility index (Phi) is 5.63. The van der Waals surface area contributed by atoms with Crippen molar-refractivity contribution in [1.82, 2.24) is 19.9 Å². The number of rotatable bonds is 5. The normalized spacial score (nSPS) is 16.4. The van der Waals surface area contributed by atoms with Gasteiger partial charge in [0.2, 0.25) is 5.91 Å². The molecule has 1 aliphatic heterocycles. The number of para-hydroxylation sites is 1. The summed E-state index contributed by atoms with van der Waals surface area (Å²) in [4.78, 5) is 27.4. The Morgan fingerprint density at radius 2 is 2.12 bits per heavy atom. The molecule has 5 rings (SSSR count). The minimum absolute atomic E-state index is 0.104. The smallest absolute Gasteiger partial charge is 0.227 e. The van der Waals surface area contributed by atoms with Crippen LogP contribution in [0.1, 0.15) is 28.7 Å². The van der Waals surface area contributed by atoms with E-state index < -0.39 is 0 Å². The first-order valence-electron chi connectivity index (χ1n) is 10.7. The van der Waals surface area contributed by atoms with Crippen molar-refractivity contribution in [3.8, 4) is 0 Å². The van der Waals surface area contributed by atoms with Gasteiger partial charge in [-0.3, -0.25) is 9.78 Å². The lowest BCUT2D eigenvalue weighted by atomic mass is 10.1. The van der Waals surface area contributed by atoms with Gasteiger partial charge in [-0.1, -0.05) is 18.2 Å². The van der Waals surface area contributed by atoms with E-state index in [1.54, 1.807) is 11.3 Å². The zero-order chi connectivity index (χ0) is 22.1. The maximum absolute atomic E-state index is 13.1. The van der Waals surface area contributed by atoms with E-state index in [0.29, 0.717) is 26.1 Å². The average molecular weight is 448 g/mol. The number of benzene rings is 1. The second-order valence-corrected chi connectivity index (χ2v) is 8.93. The summed E-state index contributed by atoms with van der Waals surface area (Å²) in [5, 5.41) is 7.31. The lowest BCUT2D eigenvalue weighted by Gasteiger charge is -2.33. The van der Waals surface area contributed by atoms with E-state index in [1.807, 2.05) is 66.7 Å². The van der Waals surface area contributed by atoms with Crippen LogP contribution in [-0.2, 0) is 16.0 Å². The first-order chi connectivity index (χ1) is 15.5. The number of aryl methyl sites for hydroxylation is 2. The zero-order valence-electron chi connectivity index (χ0n) is 18.1. The Morgan fingerprint density at radius 3 is 2.97 bits per heavy atom. The van der Waals surface area contributed by atoms with Crippen molar-refractivity contribution in [1.29, 1.82) is 0 Å². The Morgan fingerprint density at radius 1 is 1.25 bits per heavy atom. The van der Waals surface area contributed by atoms with E-state index in [2.05, 4.69) is 20.3 Å². The lowest BCUT2D eigenvalue weighted by Crippen LogP contribution is -2.43. The third-order valence-corrected chi connectivity index (χ3v) is 6.48. The first-order valence-corrected chi connectivity index (χ1v) is 11.6. The minimum atomic E-state index is -0.255. The number of morpholine rings is 1. The number of pyridine rings is 1. The standard InChI is InChI=1S/C24H25N5O2S/c1-15-9-18(28-24-27-16(2)14-32-24)11-21(26-15)22-13-29(7-8-31-22)23(30)10-17-12-25-20-6-4-3-5-19(17)20/h3-6,9,11-12,14,22,25H,7-8,10,13H2,1-2H3,(H,26,27,28)/t22-/m0/s1. The van der Waals surface area contributed by atoms with Gasteiger partial charge in [-0.25, -0.2) is 4.98 Å². The Hall–Kier alpha value is -3.23. The zero-order valence-corrected chi connectivity index (χ0v) is 18.9.